The summed E-state index contributed by atoms with van der Waals surface area (Å²) < 4.78 is 10.1. The quantitative estimate of drug-likeness (QED) is 0.458. The van der Waals surface area contributed by atoms with Crippen molar-refractivity contribution in [2.75, 3.05) is 13.2 Å². The maximum Gasteiger partial charge on any atom is 0.407 e. The fourth-order valence-electron chi connectivity index (χ4n) is 3.97. The number of aromatic nitrogens is 1. The summed E-state index contributed by atoms with van der Waals surface area (Å²) in [6.07, 6.45) is 2.02. The van der Waals surface area contributed by atoms with Gasteiger partial charge in [0.05, 0.1) is 12.6 Å². The van der Waals surface area contributed by atoms with Crippen molar-refractivity contribution in [2.45, 2.75) is 24.8 Å². The standard InChI is InChI=1S/C24H23N3O6/c28-22(29)11-21(23(30)25-10-9-15-12-26-33-13-15)27-24(31)32-14-20-18-7-3-1-5-16(18)17-6-2-4-8-19(17)20/h1-8,12-13,20-21H,9-11,14H2,(H,25,30)(H,27,31)(H,28,29). The first-order chi connectivity index (χ1) is 16.0. The van der Waals surface area contributed by atoms with Gasteiger partial charge in [-0.1, -0.05) is 53.7 Å². The van der Waals surface area contributed by atoms with E-state index in [-0.39, 0.29) is 19.1 Å². The number of carbonyl (C=O) groups is 3. The largest absolute Gasteiger partial charge is 0.481 e. The Morgan fingerprint density at radius 1 is 1.06 bits per heavy atom. The molecule has 1 aliphatic rings. The molecule has 0 saturated heterocycles. The summed E-state index contributed by atoms with van der Waals surface area (Å²) in [6, 6.07) is 14.6. The molecule has 2 aromatic carbocycles. The third kappa shape index (κ3) is 5.20. The Bertz CT molecular complexity index is 1100. The average molecular weight is 449 g/mol. The van der Waals surface area contributed by atoms with E-state index >= 15 is 0 Å². The third-order valence-electron chi connectivity index (χ3n) is 5.53. The van der Waals surface area contributed by atoms with Crippen LogP contribution in [0.25, 0.3) is 11.1 Å². The van der Waals surface area contributed by atoms with Crippen molar-refractivity contribution in [2.24, 2.45) is 0 Å². The average Bonchev–Trinajstić information content (AvgIpc) is 3.43. The number of carboxylic acids is 1. The zero-order valence-electron chi connectivity index (χ0n) is 17.7. The van der Waals surface area contributed by atoms with Crippen LogP contribution in [0.3, 0.4) is 0 Å². The molecule has 0 spiro atoms. The number of carbonyl (C=O) groups excluding carboxylic acids is 2. The highest BCUT2D eigenvalue weighted by Gasteiger charge is 2.30. The van der Waals surface area contributed by atoms with Crippen LogP contribution in [0.2, 0.25) is 0 Å². The number of nitrogens with zero attached hydrogens (tertiary/aromatic N) is 1. The molecule has 0 radical (unpaired) electrons. The fourth-order valence-corrected chi connectivity index (χ4v) is 3.97. The second kappa shape index (κ2) is 9.99. The first-order valence-electron chi connectivity index (χ1n) is 10.5. The summed E-state index contributed by atoms with van der Waals surface area (Å²) in [4.78, 5) is 36.1. The SMILES string of the molecule is O=C(O)CC(NC(=O)OCC1c2ccccc2-c2ccccc21)C(=O)NCCc1cnoc1. The lowest BCUT2D eigenvalue weighted by molar-refractivity contribution is -0.139. The predicted octanol–water partition coefficient (Wildman–Crippen LogP) is 2.72. The van der Waals surface area contributed by atoms with Crippen molar-refractivity contribution in [1.29, 1.82) is 0 Å². The summed E-state index contributed by atoms with van der Waals surface area (Å²) in [5.74, 6) is -1.96. The summed E-state index contributed by atoms with van der Waals surface area (Å²) in [6.45, 7) is 0.303. The van der Waals surface area contributed by atoms with E-state index in [4.69, 9.17) is 14.4 Å². The van der Waals surface area contributed by atoms with E-state index in [9.17, 15) is 14.4 Å². The number of hydrogen-bond acceptors (Lipinski definition) is 6. The van der Waals surface area contributed by atoms with E-state index in [0.29, 0.717) is 6.42 Å². The van der Waals surface area contributed by atoms with Crippen molar-refractivity contribution in [3.63, 3.8) is 0 Å². The van der Waals surface area contributed by atoms with Gasteiger partial charge >= 0.3 is 12.1 Å². The van der Waals surface area contributed by atoms with Gasteiger partial charge in [-0.25, -0.2) is 4.79 Å². The van der Waals surface area contributed by atoms with E-state index in [2.05, 4.69) is 15.8 Å². The Kier molecular flexibility index (Phi) is 6.68. The van der Waals surface area contributed by atoms with E-state index in [1.807, 2.05) is 48.5 Å². The van der Waals surface area contributed by atoms with Gasteiger partial charge in [-0.2, -0.15) is 0 Å². The normalized spacial score (nSPS) is 13.0. The Morgan fingerprint density at radius 2 is 1.73 bits per heavy atom. The van der Waals surface area contributed by atoms with Crippen LogP contribution in [0.5, 0.6) is 0 Å². The topological polar surface area (TPSA) is 131 Å². The monoisotopic (exact) mass is 449 g/mol. The lowest BCUT2D eigenvalue weighted by Crippen LogP contribution is -2.48. The van der Waals surface area contributed by atoms with Crippen molar-refractivity contribution in [3.8, 4) is 11.1 Å². The maximum atomic E-state index is 12.5. The molecule has 1 heterocycles. The van der Waals surface area contributed by atoms with Gasteiger partial charge in [0.25, 0.3) is 0 Å². The van der Waals surface area contributed by atoms with Gasteiger partial charge in [-0.15, -0.1) is 0 Å². The van der Waals surface area contributed by atoms with Crippen LogP contribution in [0, 0.1) is 0 Å². The summed E-state index contributed by atoms with van der Waals surface area (Å²) in [7, 11) is 0. The first-order valence-corrected chi connectivity index (χ1v) is 10.5. The van der Waals surface area contributed by atoms with Crippen LogP contribution < -0.4 is 10.6 Å². The van der Waals surface area contributed by atoms with Crippen molar-refractivity contribution >= 4 is 18.0 Å². The Hall–Kier alpha value is -4.14. The Morgan fingerprint density at radius 3 is 2.33 bits per heavy atom. The van der Waals surface area contributed by atoms with Crippen LogP contribution in [0.15, 0.2) is 65.5 Å². The molecule has 33 heavy (non-hydrogen) atoms. The van der Waals surface area contributed by atoms with Gasteiger partial charge in [-0.05, 0) is 28.7 Å². The molecule has 1 atom stereocenters. The molecule has 1 aromatic heterocycles. The van der Waals surface area contributed by atoms with Crippen LogP contribution in [0.1, 0.15) is 29.0 Å². The van der Waals surface area contributed by atoms with Crippen molar-refractivity contribution in [1.82, 2.24) is 15.8 Å². The fraction of sp³-hybridized carbons (Fsp3) is 0.250. The molecular formula is C24H23N3O6. The molecule has 9 nitrogen and oxygen atoms in total. The number of ether oxygens (including phenoxy) is 1. The molecule has 3 N–H and O–H groups in total. The maximum absolute atomic E-state index is 12.5. The first kappa shape index (κ1) is 22.1. The van der Waals surface area contributed by atoms with E-state index in [1.165, 1.54) is 12.5 Å². The summed E-state index contributed by atoms with van der Waals surface area (Å²) in [5, 5.41) is 17.7. The summed E-state index contributed by atoms with van der Waals surface area (Å²) >= 11 is 0. The Balaban J connectivity index is 1.35. The summed E-state index contributed by atoms with van der Waals surface area (Å²) in [5.41, 5.74) is 5.09. The minimum Gasteiger partial charge on any atom is -0.481 e. The molecule has 1 unspecified atom stereocenters. The van der Waals surface area contributed by atoms with Gasteiger partial charge in [0.15, 0.2) is 0 Å². The van der Waals surface area contributed by atoms with Gasteiger partial charge < -0.3 is 25.0 Å². The molecular weight excluding hydrogens is 426 g/mol. The lowest BCUT2D eigenvalue weighted by atomic mass is 9.98. The molecule has 170 valence electrons. The second-order valence-electron chi connectivity index (χ2n) is 7.69. The highest BCUT2D eigenvalue weighted by Crippen LogP contribution is 2.44. The molecule has 0 fully saturated rings. The highest BCUT2D eigenvalue weighted by molar-refractivity contribution is 5.89. The van der Waals surface area contributed by atoms with Gasteiger partial charge in [0.1, 0.15) is 18.9 Å². The van der Waals surface area contributed by atoms with E-state index < -0.39 is 30.4 Å². The highest BCUT2D eigenvalue weighted by atomic mass is 16.5. The third-order valence-corrected chi connectivity index (χ3v) is 5.53. The molecule has 0 aliphatic heterocycles. The zero-order chi connectivity index (χ0) is 23.2. The number of aliphatic carboxylic acids is 1. The predicted molar refractivity (Wildman–Crippen MR) is 117 cm³/mol. The molecule has 0 bridgehead atoms. The smallest absolute Gasteiger partial charge is 0.407 e. The number of fused-ring (bicyclic) bond motifs is 3. The number of alkyl carbamates (subject to hydrolysis) is 1. The number of carboxylic acid groups (broad SMARTS) is 1. The van der Waals surface area contributed by atoms with Crippen LogP contribution in [-0.4, -0.2) is 47.4 Å². The van der Waals surface area contributed by atoms with E-state index in [1.54, 1.807) is 0 Å². The molecule has 3 aromatic rings. The minimum atomic E-state index is -1.26. The van der Waals surface area contributed by atoms with E-state index in [0.717, 1.165) is 27.8 Å². The van der Waals surface area contributed by atoms with Crippen LogP contribution in [0.4, 0.5) is 4.79 Å². The molecule has 0 saturated carbocycles. The minimum absolute atomic E-state index is 0.0642. The van der Waals surface area contributed by atoms with Gasteiger partial charge in [-0.3, -0.25) is 9.59 Å². The molecule has 2 amide bonds. The van der Waals surface area contributed by atoms with Crippen LogP contribution >= 0.6 is 0 Å². The lowest BCUT2D eigenvalue weighted by Gasteiger charge is -2.18. The van der Waals surface area contributed by atoms with Crippen LogP contribution in [-0.2, 0) is 20.7 Å². The number of rotatable bonds is 9. The number of nitrogens with one attached hydrogen (secondary N) is 2. The number of amides is 2. The molecule has 9 heteroatoms. The van der Waals surface area contributed by atoms with Gasteiger partial charge in [0, 0.05) is 18.0 Å². The van der Waals surface area contributed by atoms with Crippen molar-refractivity contribution in [3.05, 3.63) is 77.7 Å². The number of hydrogen-bond donors (Lipinski definition) is 3. The molecule has 4 rings (SSSR count). The zero-order valence-corrected chi connectivity index (χ0v) is 17.7. The Labute approximate surface area is 189 Å². The molecule has 1 aliphatic carbocycles. The van der Waals surface area contributed by atoms with Crippen molar-refractivity contribution < 1.29 is 28.8 Å². The van der Waals surface area contributed by atoms with Gasteiger partial charge in [0.2, 0.25) is 5.91 Å². The number of benzene rings is 2. The second-order valence-corrected chi connectivity index (χ2v) is 7.69.